The highest BCUT2D eigenvalue weighted by Gasteiger charge is 2.15. The van der Waals surface area contributed by atoms with E-state index in [1.165, 1.54) is 44.4 Å². The number of halogens is 1. The van der Waals surface area contributed by atoms with Crippen LogP contribution in [0.3, 0.4) is 0 Å². The minimum Gasteiger partial charge on any atom is -0.506 e. The third-order valence-corrected chi connectivity index (χ3v) is 3.35. The van der Waals surface area contributed by atoms with Crippen LogP contribution in [0.4, 0.5) is 10.1 Å². The Kier molecular flexibility index (Phi) is 5.90. The Balaban J connectivity index is 2.05. The van der Waals surface area contributed by atoms with Gasteiger partial charge in [0.05, 0.1) is 18.4 Å². The first-order chi connectivity index (χ1) is 12.3. The molecule has 8 heteroatoms. The quantitative estimate of drug-likeness (QED) is 0.466. The fraction of sp³-hybridized carbons (Fsp3) is 0.167. The van der Waals surface area contributed by atoms with Crippen LogP contribution in [0.1, 0.15) is 27.6 Å². The van der Waals surface area contributed by atoms with E-state index in [0.717, 1.165) is 6.07 Å². The van der Waals surface area contributed by atoms with Gasteiger partial charge in [0.1, 0.15) is 5.75 Å². The topological polar surface area (TPSA) is 102 Å². The Morgan fingerprint density at radius 1 is 1.12 bits per heavy atom. The fourth-order valence-corrected chi connectivity index (χ4v) is 2.09. The normalized spacial score (nSPS) is 10.1. The summed E-state index contributed by atoms with van der Waals surface area (Å²) in [6, 6.07) is 7.35. The number of carbonyl (C=O) groups is 3. The number of phenols is 1. The second kappa shape index (κ2) is 8.11. The van der Waals surface area contributed by atoms with Gasteiger partial charge < -0.3 is 19.9 Å². The molecule has 0 fully saturated rings. The molecule has 2 N–H and O–H groups in total. The van der Waals surface area contributed by atoms with E-state index in [4.69, 9.17) is 9.47 Å². The number of phenolic OH excluding ortho intramolecular Hbond substituents is 1. The third kappa shape index (κ3) is 4.56. The van der Waals surface area contributed by atoms with E-state index in [1.54, 1.807) is 0 Å². The number of benzene rings is 2. The van der Waals surface area contributed by atoms with Gasteiger partial charge in [-0.15, -0.1) is 0 Å². The van der Waals surface area contributed by atoms with E-state index in [2.05, 4.69) is 5.32 Å². The minimum absolute atomic E-state index is 0.0211. The Bertz CT molecular complexity index is 865. The van der Waals surface area contributed by atoms with Crippen LogP contribution in [0.5, 0.6) is 11.5 Å². The van der Waals surface area contributed by atoms with Crippen molar-refractivity contribution in [3.63, 3.8) is 0 Å². The predicted octanol–water partition coefficient (Wildman–Crippen LogP) is 2.54. The van der Waals surface area contributed by atoms with E-state index < -0.39 is 30.1 Å². The van der Waals surface area contributed by atoms with Crippen molar-refractivity contribution in [1.29, 1.82) is 0 Å². The summed E-state index contributed by atoms with van der Waals surface area (Å²) in [5.41, 5.74) is 0.118. The minimum atomic E-state index is -0.874. The summed E-state index contributed by atoms with van der Waals surface area (Å²) >= 11 is 0. The van der Waals surface area contributed by atoms with Crippen molar-refractivity contribution in [3.8, 4) is 11.5 Å². The van der Waals surface area contributed by atoms with Crippen LogP contribution in [-0.4, -0.2) is 36.5 Å². The van der Waals surface area contributed by atoms with E-state index >= 15 is 0 Å². The van der Waals surface area contributed by atoms with Gasteiger partial charge >= 0.3 is 5.97 Å². The SMILES string of the molecule is COc1ccc(C(=O)OCC(=O)c2ccc(O)c(NC(C)=O)c2)cc1F. The first kappa shape index (κ1) is 18.9. The molecule has 0 atom stereocenters. The molecule has 2 aromatic rings. The second-order valence-corrected chi connectivity index (χ2v) is 5.26. The predicted molar refractivity (Wildman–Crippen MR) is 90.0 cm³/mol. The average molecular weight is 361 g/mol. The molecule has 2 aromatic carbocycles. The number of amides is 1. The molecule has 0 saturated carbocycles. The number of methoxy groups -OCH3 is 1. The summed E-state index contributed by atoms with van der Waals surface area (Å²) in [6.07, 6.45) is 0. The van der Waals surface area contributed by atoms with Crippen molar-refractivity contribution in [1.82, 2.24) is 0 Å². The highest BCUT2D eigenvalue weighted by molar-refractivity contribution is 6.01. The molecule has 136 valence electrons. The zero-order valence-corrected chi connectivity index (χ0v) is 14.0. The van der Waals surface area contributed by atoms with Crippen molar-refractivity contribution >= 4 is 23.3 Å². The molecule has 0 unspecified atom stereocenters. The molecule has 0 radical (unpaired) electrons. The van der Waals surface area contributed by atoms with Crippen LogP contribution in [0.2, 0.25) is 0 Å². The number of nitrogens with one attached hydrogen (secondary N) is 1. The van der Waals surface area contributed by atoms with Crippen LogP contribution < -0.4 is 10.1 Å². The molecule has 2 rings (SSSR count). The largest absolute Gasteiger partial charge is 0.506 e. The van der Waals surface area contributed by atoms with Crippen molar-refractivity contribution in [2.75, 3.05) is 19.0 Å². The van der Waals surface area contributed by atoms with E-state index in [1.807, 2.05) is 0 Å². The molecule has 1 amide bonds. The summed E-state index contributed by atoms with van der Waals surface area (Å²) in [7, 11) is 1.29. The van der Waals surface area contributed by atoms with E-state index in [-0.39, 0.29) is 28.3 Å². The lowest BCUT2D eigenvalue weighted by atomic mass is 10.1. The Hall–Kier alpha value is -3.42. The van der Waals surface area contributed by atoms with Gasteiger partial charge in [-0.05, 0) is 36.4 Å². The van der Waals surface area contributed by atoms with Gasteiger partial charge in [-0.3, -0.25) is 9.59 Å². The number of hydrogen-bond acceptors (Lipinski definition) is 6. The molecular formula is C18H16FNO6. The number of aromatic hydroxyl groups is 1. The average Bonchev–Trinajstić information content (AvgIpc) is 2.60. The zero-order valence-electron chi connectivity index (χ0n) is 14.0. The molecule has 26 heavy (non-hydrogen) atoms. The smallest absolute Gasteiger partial charge is 0.338 e. The fourth-order valence-electron chi connectivity index (χ4n) is 2.09. The Labute approximate surface area is 148 Å². The van der Waals surface area contributed by atoms with E-state index in [9.17, 15) is 23.9 Å². The molecule has 0 aliphatic rings. The lowest BCUT2D eigenvalue weighted by Crippen LogP contribution is -2.15. The second-order valence-electron chi connectivity index (χ2n) is 5.26. The number of carbonyl (C=O) groups excluding carboxylic acids is 3. The maximum atomic E-state index is 13.6. The lowest BCUT2D eigenvalue weighted by molar-refractivity contribution is -0.114. The van der Waals surface area contributed by atoms with Crippen molar-refractivity contribution in [2.45, 2.75) is 6.92 Å². The van der Waals surface area contributed by atoms with Crippen LogP contribution >= 0.6 is 0 Å². The van der Waals surface area contributed by atoms with Gasteiger partial charge in [-0.2, -0.15) is 0 Å². The van der Waals surface area contributed by atoms with Gasteiger partial charge in [-0.1, -0.05) is 0 Å². The highest BCUT2D eigenvalue weighted by Crippen LogP contribution is 2.24. The molecule has 7 nitrogen and oxygen atoms in total. The maximum absolute atomic E-state index is 13.6. The van der Waals surface area contributed by atoms with Gasteiger partial charge in [0.15, 0.2) is 24.0 Å². The molecule has 0 spiro atoms. The number of hydrogen-bond donors (Lipinski definition) is 2. The number of rotatable bonds is 6. The summed E-state index contributed by atoms with van der Waals surface area (Å²) in [4.78, 5) is 35.1. The van der Waals surface area contributed by atoms with Gasteiger partial charge in [0.25, 0.3) is 0 Å². The number of Topliss-reactive ketones (excluding diaryl/α,β-unsaturated/α-hetero) is 1. The van der Waals surface area contributed by atoms with Crippen LogP contribution in [0.15, 0.2) is 36.4 Å². The lowest BCUT2D eigenvalue weighted by Gasteiger charge is -2.09. The van der Waals surface area contributed by atoms with Crippen LogP contribution in [0.25, 0.3) is 0 Å². The summed E-state index contributed by atoms with van der Waals surface area (Å²) in [5, 5.41) is 12.0. The molecule has 0 saturated heterocycles. The van der Waals surface area contributed by atoms with Crippen LogP contribution in [0, 0.1) is 5.82 Å². The summed E-state index contributed by atoms with van der Waals surface area (Å²) in [6.45, 7) is 0.667. The molecule has 0 heterocycles. The standard InChI is InChI=1S/C18H16FNO6/c1-10(21)20-14-8-11(3-5-15(14)22)16(23)9-26-18(24)12-4-6-17(25-2)13(19)7-12/h3-8,22H,9H2,1-2H3,(H,20,21). The van der Waals surface area contributed by atoms with Crippen molar-refractivity contribution < 1.29 is 33.4 Å². The first-order valence-corrected chi connectivity index (χ1v) is 7.46. The van der Waals surface area contributed by atoms with Gasteiger partial charge in [0, 0.05) is 12.5 Å². The molecule has 0 aliphatic carbocycles. The highest BCUT2D eigenvalue weighted by atomic mass is 19.1. The van der Waals surface area contributed by atoms with Gasteiger partial charge in [-0.25, -0.2) is 9.18 Å². The summed E-state index contributed by atoms with van der Waals surface area (Å²) < 4.78 is 23.2. The number of esters is 1. The number of ether oxygens (including phenoxy) is 2. The van der Waals surface area contributed by atoms with Crippen LogP contribution in [-0.2, 0) is 9.53 Å². The number of anilines is 1. The maximum Gasteiger partial charge on any atom is 0.338 e. The zero-order chi connectivity index (χ0) is 19.3. The van der Waals surface area contributed by atoms with Crippen molar-refractivity contribution in [2.24, 2.45) is 0 Å². The monoisotopic (exact) mass is 361 g/mol. The molecular weight excluding hydrogens is 345 g/mol. The van der Waals surface area contributed by atoms with Crippen molar-refractivity contribution in [3.05, 3.63) is 53.3 Å². The first-order valence-electron chi connectivity index (χ1n) is 7.46. The Morgan fingerprint density at radius 2 is 1.81 bits per heavy atom. The number of ketones is 1. The van der Waals surface area contributed by atoms with Gasteiger partial charge in [0.2, 0.25) is 5.91 Å². The third-order valence-electron chi connectivity index (χ3n) is 3.35. The van der Waals surface area contributed by atoms with E-state index in [0.29, 0.717) is 0 Å². The molecule has 0 bridgehead atoms. The summed E-state index contributed by atoms with van der Waals surface area (Å²) in [5.74, 6) is -2.81. The Morgan fingerprint density at radius 3 is 2.42 bits per heavy atom. The molecule has 0 aliphatic heterocycles. The molecule has 0 aromatic heterocycles.